The molecule has 5 nitrogen and oxygen atoms in total. The zero-order valence-electron chi connectivity index (χ0n) is 13.5. The zero-order valence-corrected chi connectivity index (χ0v) is 13.5. The summed E-state index contributed by atoms with van der Waals surface area (Å²) in [5.74, 6) is -11.1. The molecule has 0 aromatic rings. The maximum atomic E-state index is 14.1. The third kappa shape index (κ3) is 3.23. The number of alkyl halides is 5. The van der Waals surface area contributed by atoms with Gasteiger partial charge in [0.2, 0.25) is 0 Å². The van der Waals surface area contributed by atoms with Gasteiger partial charge in [-0.2, -0.15) is 22.0 Å². The van der Waals surface area contributed by atoms with Crippen LogP contribution in [0.1, 0.15) is 33.6 Å². The maximum absolute atomic E-state index is 14.1. The molecule has 4 unspecified atom stereocenters. The summed E-state index contributed by atoms with van der Waals surface area (Å²) >= 11 is 0. The molecule has 1 saturated heterocycles. The molecule has 0 amide bonds. The van der Waals surface area contributed by atoms with E-state index in [0.29, 0.717) is 6.42 Å². The topological polar surface area (TPSA) is 76.0 Å². The van der Waals surface area contributed by atoms with E-state index < -0.39 is 54.5 Å². The van der Waals surface area contributed by atoms with E-state index in [9.17, 15) is 37.0 Å². The van der Waals surface area contributed by atoms with Crippen LogP contribution in [0.4, 0.5) is 22.0 Å². The Balaban J connectivity index is 3.06. The molecule has 10 heteroatoms. The standard InChI is InChI=1S/C14H21F5O5/c1-4-8(3)9(20)23-6-11(5-2)7-24-13(22,14(17,18)19)12(15,16)10(11)21/h8,10,21-22H,4-7H2,1-3H3. The van der Waals surface area contributed by atoms with Crippen molar-refractivity contribution in [1.82, 2.24) is 0 Å². The summed E-state index contributed by atoms with van der Waals surface area (Å²) in [5.41, 5.74) is -1.97. The molecule has 24 heavy (non-hydrogen) atoms. The third-order valence-electron chi connectivity index (χ3n) is 4.55. The quantitative estimate of drug-likeness (QED) is 0.578. The Bertz CT molecular complexity index is 469. The lowest BCUT2D eigenvalue weighted by atomic mass is 9.73. The van der Waals surface area contributed by atoms with Crippen LogP contribution >= 0.6 is 0 Å². The predicted molar refractivity (Wildman–Crippen MR) is 71.0 cm³/mol. The van der Waals surface area contributed by atoms with Crippen molar-refractivity contribution in [2.75, 3.05) is 13.2 Å². The first kappa shape index (κ1) is 21.0. The molecule has 0 radical (unpaired) electrons. The van der Waals surface area contributed by atoms with Crippen LogP contribution in [0.3, 0.4) is 0 Å². The summed E-state index contributed by atoms with van der Waals surface area (Å²) in [6.45, 7) is 2.75. The van der Waals surface area contributed by atoms with Crippen LogP contribution in [0.25, 0.3) is 0 Å². The third-order valence-corrected chi connectivity index (χ3v) is 4.55. The van der Waals surface area contributed by atoms with E-state index in [4.69, 9.17) is 4.74 Å². The molecule has 0 saturated carbocycles. The molecule has 1 rings (SSSR count). The largest absolute Gasteiger partial charge is 0.465 e. The average Bonchev–Trinajstić information content (AvgIpc) is 2.51. The Kier molecular flexibility index (Phi) is 5.89. The molecule has 2 N–H and O–H groups in total. The minimum Gasteiger partial charge on any atom is -0.465 e. The molecule has 1 aliphatic rings. The number of carbonyl (C=O) groups excluding carboxylic acids is 1. The van der Waals surface area contributed by atoms with Gasteiger partial charge in [0.05, 0.1) is 17.9 Å². The molecule has 142 valence electrons. The number of hydrogen-bond acceptors (Lipinski definition) is 5. The van der Waals surface area contributed by atoms with Crippen LogP contribution in [0.15, 0.2) is 0 Å². The van der Waals surface area contributed by atoms with Gasteiger partial charge in [0.15, 0.2) is 0 Å². The normalized spacial score (nSPS) is 34.7. The second-order valence-corrected chi connectivity index (χ2v) is 6.09. The monoisotopic (exact) mass is 364 g/mol. The van der Waals surface area contributed by atoms with E-state index in [1.165, 1.54) is 13.8 Å². The van der Waals surface area contributed by atoms with Gasteiger partial charge in [-0.05, 0) is 12.8 Å². The Morgan fingerprint density at radius 1 is 1.38 bits per heavy atom. The van der Waals surface area contributed by atoms with Gasteiger partial charge >= 0.3 is 23.9 Å². The van der Waals surface area contributed by atoms with Crippen molar-refractivity contribution >= 4 is 5.97 Å². The summed E-state index contributed by atoms with van der Waals surface area (Å²) in [5, 5.41) is 19.1. The fourth-order valence-corrected chi connectivity index (χ4v) is 2.31. The molecule has 1 heterocycles. The fourth-order valence-electron chi connectivity index (χ4n) is 2.31. The van der Waals surface area contributed by atoms with E-state index in [0.717, 1.165) is 0 Å². The lowest BCUT2D eigenvalue weighted by molar-refractivity contribution is -0.473. The number of hydrogen-bond donors (Lipinski definition) is 2. The maximum Gasteiger partial charge on any atom is 0.449 e. The first-order valence-corrected chi connectivity index (χ1v) is 7.44. The summed E-state index contributed by atoms with van der Waals surface area (Å²) in [6, 6.07) is 0. The smallest absolute Gasteiger partial charge is 0.449 e. The second-order valence-electron chi connectivity index (χ2n) is 6.09. The van der Waals surface area contributed by atoms with Crippen LogP contribution in [-0.4, -0.2) is 53.4 Å². The molecule has 1 aliphatic heterocycles. The molecular weight excluding hydrogens is 343 g/mol. The Hall–Kier alpha value is -1.00. The SMILES string of the molecule is CCC(C)C(=O)OCC1(CC)COC(O)(C(F)(F)F)C(F)(F)C1O. The van der Waals surface area contributed by atoms with Gasteiger partial charge in [-0.3, -0.25) is 4.79 Å². The van der Waals surface area contributed by atoms with E-state index in [2.05, 4.69) is 4.74 Å². The number of carbonyl (C=O) groups is 1. The second kappa shape index (κ2) is 6.72. The molecule has 4 atom stereocenters. The van der Waals surface area contributed by atoms with Crippen LogP contribution in [0, 0.1) is 11.3 Å². The molecule has 0 spiro atoms. The van der Waals surface area contributed by atoms with Crippen molar-refractivity contribution in [3.63, 3.8) is 0 Å². The number of aliphatic hydroxyl groups is 2. The first-order valence-electron chi connectivity index (χ1n) is 7.44. The number of ether oxygens (including phenoxy) is 2. The average molecular weight is 364 g/mol. The van der Waals surface area contributed by atoms with Gasteiger partial charge in [-0.1, -0.05) is 20.8 Å². The highest BCUT2D eigenvalue weighted by Crippen LogP contribution is 2.53. The summed E-state index contributed by atoms with van der Waals surface area (Å²) in [7, 11) is 0. The van der Waals surface area contributed by atoms with E-state index in [-0.39, 0.29) is 6.42 Å². The molecular formula is C14H21F5O5. The Morgan fingerprint density at radius 3 is 2.33 bits per heavy atom. The molecule has 0 aliphatic carbocycles. The predicted octanol–water partition coefficient (Wildman–Crippen LogP) is 2.25. The van der Waals surface area contributed by atoms with Gasteiger partial charge in [0, 0.05) is 0 Å². The number of halogens is 5. The minimum atomic E-state index is -5.81. The van der Waals surface area contributed by atoms with Crippen molar-refractivity contribution in [2.45, 2.75) is 57.6 Å². The van der Waals surface area contributed by atoms with Crippen molar-refractivity contribution in [3.8, 4) is 0 Å². The highest BCUT2D eigenvalue weighted by molar-refractivity contribution is 5.71. The van der Waals surface area contributed by atoms with Crippen LogP contribution < -0.4 is 0 Å². The lowest BCUT2D eigenvalue weighted by Crippen LogP contribution is -2.73. The van der Waals surface area contributed by atoms with Crippen LogP contribution in [0.5, 0.6) is 0 Å². The molecule has 0 aromatic carbocycles. The van der Waals surface area contributed by atoms with Gasteiger partial charge < -0.3 is 19.7 Å². The van der Waals surface area contributed by atoms with Gasteiger partial charge in [0.25, 0.3) is 0 Å². The molecule has 0 aromatic heterocycles. The van der Waals surface area contributed by atoms with Crippen molar-refractivity contribution in [1.29, 1.82) is 0 Å². The number of aliphatic hydroxyl groups excluding tert-OH is 1. The zero-order chi connectivity index (χ0) is 19.0. The van der Waals surface area contributed by atoms with Crippen molar-refractivity contribution < 1.29 is 46.4 Å². The summed E-state index contributed by atoms with van der Waals surface area (Å²) in [4.78, 5) is 11.7. The van der Waals surface area contributed by atoms with E-state index in [1.54, 1.807) is 6.92 Å². The first-order chi connectivity index (χ1) is 10.8. The van der Waals surface area contributed by atoms with E-state index in [1.807, 2.05) is 0 Å². The van der Waals surface area contributed by atoms with E-state index >= 15 is 0 Å². The molecule has 1 fully saturated rings. The Morgan fingerprint density at radius 2 is 1.92 bits per heavy atom. The summed E-state index contributed by atoms with van der Waals surface area (Å²) in [6.07, 6.45) is -8.57. The van der Waals surface area contributed by atoms with Crippen LogP contribution in [-0.2, 0) is 14.3 Å². The Labute approximate surface area is 135 Å². The lowest BCUT2D eigenvalue weighted by Gasteiger charge is -2.50. The van der Waals surface area contributed by atoms with Crippen molar-refractivity contribution in [3.05, 3.63) is 0 Å². The highest BCUT2D eigenvalue weighted by Gasteiger charge is 2.78. The highest BCUT2D eigenvalue weighted by atomic mass is 19.4. The fraction of sp³-hybridized carbons (Fsp3) is 0.929. The van der Waals surface area contributed by atoms with Gasteiger partial charge in [0.1, 0.15) is 12.7 Å². The van der Waals surface area contributed by atoms with Crippen molar-refractivity contribution in [2.24, 2.45) is 11.3 Å². The number of esters is 1. The number of rotatable bonds is 5. The van der Waals surface area contributed by atoms with Crippen LogP contribution in [0.2, 0.25) is 0 Å². The minimum absolute atomic E-state index is 0.258. The summed E-state index contributed by atoms with van der Waals surface area (Å²) < 4.78 is 75.4. The molecule has 0 bridgehead atoms. The van der Waals surface area contributed by atoms with Gasteiger partial charge in [-0.15, -0.1) is 0 Å². The van der Waals surface area contributed by atoms with Gasteiger partial charge in [-0.25, -0.2) is 0 Å².